The van der Waals surface area contributed by atoms with Crippen LogP contribution in [-0.2, 0) is 6.42 Å². The molecule has 16 heavy (non-hydrogen) atoms. The van der Waals surface area contributed by atoms with Gasteiger partial charge in [0.1, 0.15) is 11.6 Å². The molecule has 1 heterocycles. The van der Waals surface area contributed by atoms with Crippen LogP contribution < -0.4 is 0 Å². The molecule has 0 saturated heterocycles. The van der Waals surface area contributed by atoms with Crippen molar-refractivity contribution in [1.82, 2.24) is 4.98 Å². The first-order valence-corrected chi connectivity index (χ1v) is 5.34. The van der Waals surface area contributed by atoms with Crippen LogP contribution in [0.3, 0.4) is 0 Å². The summed E-state index contributed by atoms with van der Waals surface area (Å²) in [5, 5.41) is 0. The molecular weight excluding hydrogens is 205 g/mol. The van der Waals surface area contributed by atoms with E-state index in [1.54, 1.807) is 18.3 Å². The second-order valence-electron chi connectivity index (χ2n) is 4.12. The molecule has 0 radical (unpaired) electrons. The fraction of sp³-hybridized carbons (Fsp3) is 0.308. The van der Waals surface area contributed by atoms with Gasteiger partial charge in [-0.15, -0.1) is 0 Å². The van der Waals surface area contributed by atoms with Crippen molar-refractivity contribution in [1.29, 1.82) is 0 Å². The average Bonchev–Trinajstić information content (AvgIpc) is 2.70. The second-order valence-corrected chi connectivity index (χ2v) is 4.12. The van der Waals surface area contributed by atoms with E-state index in [0.717, 1.165) is 17.2 Å². The summed E-state index contributed by atoms with van der Waals surface area (Å²) in [5.74, 6) is 1.64. The smallest absolute Gasteiger partial charge is 0.196 e. The predicted molar refractivity (Wildman–Crippen MR) is 59.8 cm³/mol. The minimum atomic E-state index is -0.218. The molecule has 0 unspecified atom stereocenters. The first-order valence-electron chi connectivity index (χ1n) is 5.34. The molecule has 0 bridgehead atoms. The molecule has 0 aliphatic rings. The Balaban J connectivity index is 2.11. The Hall–Kier alpha value is -1.64. The molecule has 2 nitrogen and oxygen atoms in total. The molecular formula is C13H14FNO. The zero-order valence-corrected chi connectivity index (χ0v) is 9.40. The Bertz CT molecular complexity index is 459. The highest BCUT2D eigenvalue weighted by atomic mass is 19.1. The normalized spacial score (nSPS) is 11.0. The molecule has 2 aromatic rings. The summed E-state index contributed by atoms with van der Waals surface area (Å²) in [6, 6.07) is 6.42. The largest absolute Gasteiger partial charge is 0.445 e. The maximum Gasteiger partial charge on any atom is 0.196 e. The van der Waals surface area contributed by atoms with Gasteiger partial charge in [-0.3, -0.25) is 0 Å². The fourth-order valence-electron chi connectivity index (χ4n) is 1.47. The number of oxazole rings is 1. The minimum absolute atomic E-state index is 0.218. The SMILES string of the molecule is CC(C)c1ncc(Cc2ccc(F)cc2)o1. The van der Waals surface area contributed by atoms with Crippen LogP contribution in [0.4, 0.5) is 4.39 Å². The Morgan fingerprint density at radius 3 is 2.50 bits per heavy atom. The molecule has 0 saturated carbocycles. The highest BCUT2D eigenvalue weighted by Crippen LogP contribution is 2.16. The molecule has 0 amide bonds. The molecule has 0 atom stereocenters. The van der Waals surface area contributed by atoms with Crippen molar-refractivity contribution >= 4 is 0 Å². The van der Waals surface area contributed by atoms with Crippen LogP contribution in [0.25, 0.3) is 0 Å². The molecule has 0 aliphatic carbocycles. The van der Waals surface area contributed by atoms with Crippen LogP contribution in [0.2, 0.25) is 0 Å². The summed E-state index contributed by atoms with van der Waals surface area (Å²) in [5.41, 5.74) is 1.02. The Morgan fingerprint density at radius 2 is 1.94 bits per heavy atom. The van der Waals surface area contributed by atoms with Crippen molar-refractivity contribution in [3.8, 4) is 0 Å². The fourth-order valence-corrected chi connectivity index (χ4v) is 1.47. The van der Waals surface area contributed by atoms with Gasteiger partial charge in [-0.25, -0.2) is 9.37 Å². The number of rotatable bonds is 3. The standard InChI is InChI=1S/C13H14FNO/c1-9(2)13-15-8-12(16-13)7-10-3-5-11(14)6-4-10/h3-6,8-9H,7H2,1-2H3. The van der Waals surface area contributed by atoms with Crippen LogP contribution in [0.15, 0.2) is 34.9 Å². The van der Waals surface area contributed by atoms with E-state index in [1.165, 1.54) is 12.1 Å². The van der Waals surface area contributed by atoms with Gasteiger partial charge in [-0.2, -0.15) is 0 Å². The van der Waals surface area contributed by atoms with Crippen LogP contribution >= 0.6 is 0 Å². The van der Waals surface area contributed by atoms with E-state index < -0.39 is 0 Å². The molecule has 0 N–H and O–H groups in total. The van der Waals surface area contributed by atoms with Gasteiger partial charge in [0.25, 0.3) is 0 Å². The highest BCUT2D eigenvalue weighted by Gasteiger charge is 2.08. The summed E-state index contributed by atoms with van der Waals surface area (Å²) in [6.45, 7) is 4.07. The maximum absolute atomic E-state index is 12.7. The van der Waals surface area contributed by atoms with Gasteiger partial charge in [-0.05, 0) is 17.7 Å². The van der Waals surface area contributed by atoms with Gasteiger partial charge in [0.2, 0.25) is 0 Å². The lowest BCUT2D eigenvalue weighted by atomic mass is 10.1. The van der Waals surface area contributed by atoms with Gasteiger partial charge in [0, 0.05) is 12.3 Å². The highest BCUT2D eigenvalue weighted by molar-refractivity contribution is 5.20. The molecule has 1 aromatic heterocycles. The lowest BCUT2D eigenvalue weighted by Gasteiger charge is -1.98. The molecule has 0 spiro atoms. The summed E-state index contributed by atoms with van der Waals surface area (Å²) in [7, 11) is 0. The minimum Gasteiger partial charge on any atom is -0.445 e. The van der Waals surface area contributed by atoms with Gasteiger partial charge < -0.3 is 4.42 Å². The van der Waals surface area contributed by atoms with E-state index in [4.69, 9.17) is 4.42 Å². The molecule has 1 aromatic carbocycles. The van der Waals surface area contributed by atoms with Crippen LogP contribution in [-0.4, -0.2) is 4.98 Å². The third-order valence-electron chi connectivity index (χ3n) is 2.36. The molecule has 84 valence electrons. The Morgan fingerprint density at radius 1 is 1.25 bits per heavy atom. The van der Waals surface area contributed by atoms with Crippen molar-refractivity contribution in [3.63, 3.8) is 0 Å². The third-order valence-corrected chi connectivity index (χ3v) is 2.36. The number of hydrogen-bond acceptors (Lipinski definition) is 2. The second kappa shape index (κ2) is 4.47. The number of halogens is 1. The predicted octanol–water partition coefficient (Wildman–Crippen LogP) is 3.53. The molecule has 3 heteroatoms. The third kappa shape index (κ3) is 2.48. The van der Waals surface area contributed by atoms with Crippen molar-refractivity contribution in [2.45, 2.75) is 26.2 Å². The summed E-state index contributed by atoms with van der Waals surface area (Å²) in [4.78, 5) is 4.19. The summed E-state index contributed by atoms with van der Waals surface area (Å²) >= 11 is 0. The molecule has 0 aliphatic heterocycles. The zero-order valence-electron chi connectivity index (χ0n) is 9.40. The lowest BCUT2D eigenvalue weighted by Crippen LogP contribution is -1.86. The van der Waals surface area contributed by atoms with Crippen LogP contribution in [0.5, 0.6) is 0 Å². The van der Waals surface area contributed by atoms with E-state index in [9.17, 15) is 4.39 Å². The maximum atomic E-state index is 12.7. The van der Waals surface area contributed by atoms with Gasteiger partial charge >= 0.3 is 0 Å². The van der Waals surface area contributed by atoms with E-state index in [2.05, 4.69) is 4.98 Å². The van der Waals surface area contributed by atoms with E-state index in [0.29, 0.717) is 12.3 Å². The topological polar surface area (TPSA) is 26.0 Å². The van der Waals surface area contributed by atoms with Crippen molar-refractivity contribution in [2.24, 2.45) is 0 Å². The molecule has 0 fully saturated rings. The van der Waals surface area contributed by atoms with Crippen molar-refractivity contribution in [2.75, 3.05) is 0 Å². The quantitative estimate of drug-likeness (QED) is 0.789. The molecule has 2 rings (SSSR count). The van der Waals surface area contributed by atoms with E-state index in [1.807, 2.05) is 13.8 Å². The van der Waals surface area contributed by atoms with Crippen molar-refractivity contribution < 1.29 is 8.81 Å². The summed E-state index contributed by atoms with van der Waals surface area (Å²) < 4.78 is 18.3. The number of hydrogen-bond donors (Lipinski definition) is 0. The number of benzene rings is 1. The Labute approximate surface area is 94.1 Å². The number of nitrogens with zero attached hydrogens (tertiary/aromatic N) is 1. The lowest BCUT2D eigenvalue weighted by molar-refractivity contribution is 0.442. The van der Waals surface area contributed by atoms with Gasteiger partial charge in [0.15, 0.2) is 5.89 Å². The first kappa shape index (κ1) is 10.9. The van der Waals surface area contributed by atoms with E-state index >= 15 is 0 Å². The van der Waals surface area contributed by atoms with Gasteiger partial charge in [-0.1, -0.05) is 26.0 Å². The summed E-state index contributed by atoms with van der Waals surface area (Å²) in [6.07, 6.45) is 2.39. The van der Waals surface area contributed by atoms with Crippen LogP contribution in [0, 0.1) is 5.82 Å². The van der Waals surface area contributed by atoms with Crippen LogP contribution in [0.1, 0.15) is 37.0 Å². The first-order chi connectivity index (χ1) is 7.65. The van der Waals surface area contributed by atoms with Gasteiger partial charge in [0.05, 0.1) is 6.20 Å². The number of aromatic nitrogens is 1. The van der Waals surface area contributed by atoms with Crippen molar-refractivity contribution in [3.05, 3.63) is 53.5 Å². The van der Waals surface area contributed by atoms with E-state index in [-0.39, 0.29) is 5.82 Å². The average molecular weight is 219 g/mol. The monoisotopic (exact) mass is 219 g/mol. The zero-order chi connectivity index (χ0) is 11.5. The Kier molecular flexibility index (Phi) is 3.04.